The molecule has 2 amide bonds. The zero-order valence-corrected chi connectivity index (χ0v) is 14.7. The average molecular weight is 350 g/mol. The summed E-state index contributed by atoms with van der Waals surface area (Å²) in [5.74, 6) is 0.328. The van der Waals surface area contributed by atoms with Gasteiger partial charge in [0.25, 0.3) is 5.91 Å². The number of carbonyl (C=O) groups excluding carboxylic acids is 2. The van der Waals surface area contributed by atoms with Gasteiger partial charge in [-0.1, -0.05) is 30.3 Å². The molecule has 2 aromatic carbocycles. The van der Waals surface area contributed by atoms with Crippen LogP contribution in [0.15, 0.2) is 54.6 Å². The number of aryl methyl sites for hydroxylation is 1. The Morgan fingerprint density at radius 2 is 1.77 bits per heavy atom. The molecule has 1 aromatic heterocycles. The number of nitrogens with one attached hydrogen (secondary N) is 2. The average Bonchev–Trinajstić information content (AvgIpc) is 3.02. The highest BCUT2D eigenvalue weighted by atomic mass is 16.2. The minimum Gasteiger partial charge on any atom is -0.352 e. The quantitative estimate of drug-likeness (QED) is 0.643. The van der Waals surface area contributed by atoms with Crippen molar-refractivity contribution in [3.63, 3.8) is 0 Å². The van der Waals surface area contributed by atoms with Crippen molar-refractivity contribution in [2.45, 2.75) is 26.3 Å². The zero-order chi connectivity index (χ0) is 18.4. The van der Waals surface area contributed by atoms with Gasteiger partial charge in [0, 0.05) is 25.1 Å². The number of anilines is 1. The van der Waals surface area contributed by atoms with E-state index in [0.717, 1.165) is 17.6 Å². The Labute approximate surface area is 152 Å². The minimum absolute atomic E-state index is 0.107. The topological polar surface area (TPSA) is 76.0 Å². The van der Waals surface area contributed by atoms with Crippen LogP contribution < -0.4 is 10.6 Å². The second-order valence-corrected chi connectivity index (χ2v) is 5.94. The Balaban J connectivity index is 1.50. The lowest BCUT2D eigenvalue weighted by Crippen LogP contribution is -2.25. The molecular weight excluding hydrogens is 328 g/mol. The Kier molecular flexibility index (Phi) is 5.63. The van der Waals surface area contributed by atoms with Gasteiger partial charge in [-0.25, -0.2) is 4.98 Å². The molecule has 134 valence electrons. The number of amides is 2. The van der Waals surface area contributed by atoms with Gasteiger partial charge in [0.15, 0.2) is 0 Å². The predicted molar refractivity (Wildman–Crippen MR) is 102 cm³/mol. The van der Waals surface area contributed by atoms with Crippen LogP contribution in [0, 0.1) is 0 Å². The maximum absolute atomic E-state index is 12.2. The SMILES string of the molecule is CCn1c(NC(=O)CCCNC(=O)c2ccccc2)nc2ccccc21. The van der Waals surface area contributed by atoms with E-state index in [1.807, 2.05) is 54.0 Å². The van der Waals surface area contributed by atoms with Crippen molar-refractivity contribution in [3.8, 4) is 0 Å². The molecule has 0 radical (unpaired) electrons. The van der Waals surface area contributed by atoms with Crippen LogP contribution >= 0.6 is 0 Å². The van der Waals surface area contributed by atoms with Crippen LogP contribution in [0.1, 0.15) is 30.1 Å². The molecule has 2 N–H and O–H groups in total. The maximum Gasteiger partial charge on any atom is 0.251 e. The van der Waals surface area contributed by atoms with Crippen molar-refractivity contribution in [1.29, 1.82) is 0 Å². The zero-order valence-electron chi connectivity index (χ0n) is 14.7. The van der Waals surface area contributed by atoms with E-state index in [9.17, 15) is 9.59 Å². The van der Waals surface area contributed by atoms with Crippen molar-refractivity contribution < 1.29 is 9.59 Å². The van der Waals surface area contributed by atoms with E-state index in [0.29, 0.717) is 30.9 Å². The van der Waals surface area contributed by atoms with E-state index in [4.69, 9.17) is 0 Å². The lowest BCUT2D eigenvalue weighted by atomic mass is 10.2. The number of imidazole rings is 1. The van der Waals surface area contributed by atoms with Crippen molar-refractivity contribution in [1.82, 2.24) is 14.9 Å². The van der Waals surface area contributed by atoms with Gasteiger partial charge in [0.1, 0.15) is 0 Å². The summed E-state index contributed by atoms with van der Waals surface area (Å²) in [7, 11) is 0. The van der Waals surface area contributed by atoms with E-state index in [1.54, 1.807) is 12.1 Å². The minimum atomic E-state index is -0.126. The Hall–Kier alpha value is -3.15. The summed E-state index contributed by atoms with van der Waals surface area (Å²) in [6, 6.07) is 16.8. The number of benzene rings is 2. The number of hydrogen-bond donors (Lipinski definition) is 2. The van der Waals surface area contributed by atoms with E-state index in [1.165, 1.54) is 0 Å². The van der Waals surface area contributed by atoms with Gasteiger partial charge in [-0.15, -0.1) is 0 Å². The number of hydrogen-bond acceptors (Lipinski definition) is 3. The molecule has 0 bridgehead atoms. The van der Waals surface area contributed by atoms with Crippen molar-refractivity contribution in [3.05, 3.63) is 60.2 Å². The van der Waals surface area contributed by atoms with Crippen molar-refractivity contribution >= 4 is 28.8 Å². The Morgan fingerprint density at radius 3 is 2.54 bits per heavy atom. The lowest BCUT2D eigenvalue weighted by Gasteiger charge is -2.08. The van der Waals surface area contributed by atoms with Crippen LogP contribution in [0.2, 0.25) is 0 Å². The number of aromatic nitrogens is 2. The highest BCUT2D eigenvalue weighted by Gasteiger charge is 2.12. The van der Waals surface area contributed by atoms with E-state index >= 15 is 0 Å². The van der Waals surface area contributed by atoms with Crippen LogP contribution in [-0.4, -0.2) is 27.9 Å². The molecule has 0 atom stereocenters. The molecule has 0 aliphatic rings. The summed E-state index contributed by atoms with van der Waals surface area (Å²) in [5, 5.41) is 5.69. The smallest absolute Gasteiger partial charge is 0.251 e. The standard InChI is InChI=1S/C20H22N4O2/c1-2-24-17-12-7-6-11-16(17)22-20(24)23-18(25)13-8-14-21-19(26)15-9-4-3-5-10-15/h3-7,9-12H,2,8,13-14H2,1H3,(H,21,26)(H,22,23,25). The number of rotatable bonds is 7. The second-order valence-electron chi connectivity index (χ2n) is 5.94. The third-order valence-electron chi connectivity index (χ3n) is 4.12. The van der Waals surface area contributed by atoms with E-state index in [2.05, 4.69) is 15.6 Å². The molecule has 0 unspecified atom stereocenters. The summed E-state index contributed by atoms with van der Waals surface area (Å²) < 4.78 is 1.98. The number of para-hydroxylation sites is 2. The molecule has 3 aromatic rings. The number of fused-ring (bicyclic) bond motifs is 1. The fourth-order valence-electron chi connectivity index (χ4n) is 2.82. The molecule has 0 saturated heterocycles. The third-order valence-corrected chi connectivity index (χ3v) is 4.12. The molecule has 0 aliphatic carbocycles. The van der Waals surface area contributed by atoms with Crippen LogP contribution in [-0.2, 0) is 11.3 Å². The van der Waals surface area contributed by atoms with Crippen LogP contribution in [0.25, 0.3) is 11.0 Å². The second kappa shape index (κ2) is 8.29. The molecule has 0 fully saturated rings. The molecule has 1 heterocycles. The summed E-state index contributed by atoms with van der Waals surface area (Å²) in [5.41, 5.74) is 2.48. The first-order chi connectivity index (χ1) is 12.7. The first-order valence-electron chi connectivity index (χ1n) is 8.77. The van der Waals surface area contributed by atoms with Gasteiger partial charge in [-0.05, 0) is 37.6 Å². The van der Waals surface area contributed by atoms with Crippen LogP contribution in [0.3, 0.4) is 0 Å². The number of carbonyl (C=O) groups is 2. The molecule has 6 heteroatoms. The predicted octanol–water partition coefficient (Wildman–Crippen LogP) is 3.20. The number of nitrogens with zero attached hydrogens (tertiary/aromatic N) is 2. The molecular formula is C20H22N4O2. The van der Waals surface area contributed by atoms with E-state index in [-0.39, 0.29) is 11.8 Å². The van der Waals surface area contributed by atoms with Crippen molar-refractivity contribution in [2.24, 2.45) is 0 Å². The normalized spacial score (nSPS) is 10.7. The molecule has 0 saturated carbocycles. The molecule has 6 nitrogen and oxygen atoms in total. The van der Waals surface area contributed by atoms with Gasteiger partial charge in [-0.2, -0.15) is 0 Å². The highest BCUT2D eigenvalue weighted by molar-refractivity contribution is 5.94. The van der Waals surface area contributed by atoms with Gasteiger partial charge in [-0.3, -0.25) is 14.9 Å². The third kappa shape index (κ3) is 4.08. The van der Waals surface area contributed by atoms with Crippen molar-refractivity contribution in [2.75, 3.05) is 11.9 Å². The largest absolute Gasteiger partial charge is 0.352 e. The van der Waals surface area contributed by atoms with E-state index < -0.39 is 0 Å². The first-order valence-corrected chi connectivity index (χ1v) is 8.77. The van der Waals surface area contributed by atoms with Gasteiger partial charge < -0.3 is 9.88 Å². The highest BCUT2D eigenvalue weighted by Crippen LogP contribution is 2.19. The Bertz CT molecular complexity index is 903. The summed E-state index contributed by atoms with van der Waals surface area (Å²) >= 11 is 0. The maximum atomic E-state index is 12.2. The molecule has 3 rings (SSSR count). The Morgan fingerprint density at radius 1 is 1.04 bits per heavy atom. The van der Waals surface area contributed by atoms with Gasteiger partial charge >= 0.3 is 0 Å². The lowest BCUT2D eigenvalue weighted by molar-refractivity contribution is -0.116. The van der Waals surface area contributed by atoms with Crippen LogP contribution in [0.4, 0.5) is 5.95 Å². The molecule has 26 heavy (non-hydrogen) atoms. The van der Waals surface area contributed by atoms with Gasteiger partial charge in [0.2, 0.25) is 11.9 Å². The molecule has 0 aliphatic heterocycles. The summed E-state index contributed by atoms with van der Waals surface area (Å²) in [6.07, 6.45) is 0.888. The first kappa shape index (κ1) is 17.7. The monoisotopic (exact) mass is 350 g/mol. The summed E-state index contributed by atoms with van der Waals surface area (Å²) in [6.45, 7) is 3.19. The molecule has 0 spiro atoms. The van der Waals surface area contributed by atoms with Gasteiger partial charge in [0.05, 0.1) is 11.0 Å². The fraction of sp³-hybridized carbons (Fsp3) is 0.250. The summed E-state index contributed by atoms with van der Waals surface area (Å²) in [4.78, 5) is 28.6. The fourth-order valence-corrected chi connectivity index (χ4v) is 2.82. The van der Waals surface area contributed by atoms with Crippen LogP contribution in [0.5, 0.6) is 0 Å².